The molecule has 4 nitrogen and oxygen atoms in total. The van der Waals surface area contributed by atoms with Gasteiger partial charge in [-0.2, -0.15) is 0 Å². The molecule has 0 aromatic carbocycles. The predicted molar refractivity (Wildman–Crippen MR) is 68.5 cm³/mol. The van der Waals surface area contributed by atoms with Gasteiger partial charge in [-0.3, -0.25) is 0 Å². The molecule has 2 heterocycles. The summed E-state index contributed by atoms with van der Waals surface area (Å²) in [6.45, 7) is 4.78. The van der Waals surface area contributed by atoms with Gasteiger partial charge in [-0.1, -0.05) is 0 Å². The lowest BCUT2D eigenvalue weighted by Crippen LogP contribution is -2.23. The van der Waals surface area contributed by atoms with Gasteiger partial charge in [0.15, 0.2) is 0 Å². The fourth-order valence-electron chi connectivity index (χ4n) is 2.15. The van der Waals surface area contributed by atoms with Crippen molar-refractivity contribution in [1.82, 2.24) is 9.97 Å². The molecule has 0 aliphatic carbocycles. The molecule has 0 N–H and O–H groups in total. The summed E-state index contributed by atoms with van der Waals surface area (Å²) >= 11 is 5.80. The van der Waals surface area contributed by atoms with Crippen molar-refractivity contribution in [2.24, 2.45) is 5.92 Å². The van der Waals surface area contributed by atoms with Gasteiger partial charge in [0, 0.05) is 43.6 Å². The molecule has 0 saturated carbocycles. The summed E-state index contributed by atoms with van der Waals surface area (Å²) in [5, 5.41) is 0. The maximum atomic E-state index is 5.80. The van der Waals surface area contributed by atoms with E-state index in [0.29, 0.717) is 11.8 Å². The molecular formula is C12H18ClN3O. The number of anilines is 1. The number of hydrogen-bond acceptors (Lipinski definition) is 4. The minimum atomic E-state index is 0.471. The molecule has 1 aromatic heterocycles. The van der Waals surface area contributed by atoms with Crippen molar-refractivity contribution in [2.75, 3.05) is 31.7 Å². The highest BCUT2D eigenvalue weighted by Gasteiger charge is 2.24. The third-order valence-electron chi connectivity index (χ3n) is 3.18. The Hall–Kier alpha value is -0.870. The Balaban J connectivity index is 2.06. The number of aromatic nitrogens is 2. The number of hydrogen-bond donors (Lipinski definition) is 0. The van der Waals surface area contributed by atoms with E-state index in [-0.39, 0.29) is 0 Å². The number of aryl methyl sites for hydroxylation is 1. The first-order valence-corrected chi connectivity index (χ1v) is 6.40. The van der Waals surface area contributed by atoms with E-state index in [9.17, 15) is 0 Å². The van der Waals surface area contributed by atoms with E-state index < -0.39 is 0 Å². The zero-order valence-electron chi connectivity index (χ0n) is 10.3. The van der Waals surface area contributed by atoms with Crippen LogP contribution in [0.3, 0.4) is 0 Å². The molecule has 1 aromatic rings. The van der Waals surface area contributed by atoms with E-state index in [1.807, 2.05) is 13.1 Å². The van der Waals surface area contributed by atoms with E-state index in [1.54, 1.807) is 7.11 Å². The standard InChI is InChI=1S/C12H18ClN3O/c1-9-11(5-13)6-14-12(15-9)16-4-3-10(7-16)8-17-2/h6,10H,3-5,7-8H2,1-2H3. The maximum Gasteiger partial charge on any atom is 0.225 e. The van der Waals surface area contributed by atoms with Gasteiger partial charge in [0.1, 0.15) is 0 Å². The van der Waals surface area contributed by atoms with E-state index >= 15 is 0 Å². The van der Waals surface area contributed by atoms with Crippen molar-refractivity contribution in [1.29, 1.82) is 0 Å². The molecule has 94 valence electrons. The van der Waals surface area contributed by atoms with Gasteiger partial charge < -0.3 is 9.64 Å². The number of halogens is 1. The lowest BCUT2D eigenvalue weighted by Gasteiger charge is -2.17. The molecule has 1 aliphatic rings. The first-order chi connectivity index (χ1) is 8.24. The Kier molecular flexibility index (Phi) is 4.18. The molecule has 1 fully saturated rings. The first kappa shape index (κ1) is 12.6. The summed E-state index contributed by atoms with van der Waals surface area (Å²) in [6.07, 6.45) is 2.97. The van der Waals surface area contributed by atoms with Crippen LogP contribution in [-0.2, 0) is 10.6 Å². The van der Waals surface area contributed by atoms with Crippen LogP contribution >= 0.6 is 11.6 Å². The smallest absolute Gasteiger partial charge is 0.225 e. The topological polar surface area (TPSA) is 38.2 Å². The van der Waals surface area contributed by atoms with Gasteiger partial charge in [0.25, 0.3) is 0 Å². The molecule has 1 saturated heterocycles. The second kappa shape index (κ2) is 5.65. The molecular weight excluding hydrogens is 238 g/mol. The monoisotopic (exact) mass is 255 g/mol. The molecule has 2 rings (SSSR count). The van der Waals surface area contributed by atoms with Crippen LogP contribution in [-0.4, -0.2) is 36.8 Å². The van der Waals surface area contributed by atoms with Crippen LogP contribution in [0, 0.1) is 12.8 Å². The second-order valence-electron chi connectivity index (χ2n) is 4.47. The summed E-state index contributed by atoms with van der Waals surface area (Å²) in [5.41, 5.74) is 1.98. The van der Waals surface area contributed by atoms with Crippen LogP contribution in [0.2, 0.25) is 0 Å². The minimum absolute atomic E-state index is 0.471. The van der Waals surface area contributed by atoms with Crippen molar-refractivity contribution in [3.05, 3.63) is 17.5 Å². The first-order valence-electron chi connectivity index (χ1n) is 5.87. The van der Waals surface area contributed by atoms with Crippen LogP contribution in [0.15, 0.2) is 6.20 Å². The molecule has 5 heteroatoms. The average molecular weight is 256 g/mol. The van der Waals surface area contributed by atoms with Crippen LogP contribution in [0.4, 0.5) is 5.95 Å². The minimum Gasteiger partial charge on any atom is -0.384 e. The average Bonchev–Trinajstić information content (AvgIpc) is 2.78. The summed E-state index contributed by atoms with van der Waals surface area (Å²) in [7, 11) is 1.75. The molecule has 17 heavy (non-hydrogen) atoms. The summed E-state index contributed by atoms with van der Waals surface area (Å²) in [4.78, 5) is 11.1. The lowest BCUT2D eigenvalue weighted by molar-refractivity contribution is 0.161. The third kappa shape index (κ3) is 2.87. The van der Waals surface area contributed by atoms with Crippen LogP contribution < -0.4 is 4.90 Å². The van der Waals surface area contributed by atoms with Gasteiger partial charge in [-0.15, -0.1) is 11.6 Å². The molecule has 1 atom stereocenters. The number of nitrogens with zero attached hydrogens (tertiary/aromatic N) is 3. The van der Waals surface area contributed by atoms with E-state index in [2.05, 4.69) is 14.9 Å². The fraction of sp³-hybridized carbons (Fsp3) is 0.667. The largest absolute Gasteiger partial charge is 0.384 e. The van der Waals surface area contributed by atoms with Crippen molar-refractivity contribution >= 4 is 17.5 Å². The van der Waals surface area contributed by atoms with Crippen molar-refractivity contribution < 1.29 is 4.74 Å². The molecule has 1 unspecified atom stereocenters. The Labute approximate surface area is 107 Å². The number of methoxy groups -OCH3 is 1. The van der Waals surface area contributed by atoms with Gasteiger partial charge in [-0.05, 0) is 13.3 Å². The summed E-state index contributed by atoms with van der Waals surface area (Å²) < 4.78 is 5.19. The molecule has 1 aliphatic heterocycles. The van der Waals surface area contributed by atoms with Crippen molar-refractivity contribution in [3.8, 4) is 0 Å². The predicted octanol–water partition coefficient (Wildman–Crippen LogP) is 2.00. The molecule has 0 radical (unpaired) electrons. The highest BCUT2D eigenvalue weighted by atomic mass is 35.5. The van der Waals surface area contributed by atoms with Gasteiger partial charge in [0.05, 0.1) is 12.5 Å². The number of ether oxygens (including phenoxy) is 1. The summed E-state index contributed by atoms with van der Waals surface area (Å²) in [6, 6.07) is 0. The van der Waals surface area contributed by atoms with Crippen molar-refractivity contribution in [3.63, 3.8) is 0 Å². The lowest BCUT2D eigenvalue weighted by atomic mass is 10.1. The highest BCUT2D eigenvalue weighted by molar-refractivity contribution is 6.17. The zero-order valence-corrected chi connectivity index (χ0v) is 11.1. The number of rotatable bonds is 4. The van der Waals surface area contributed by atoms with Gasteiger partial charge in [-0.25, -0.2) is 9.97 Å². The Morgan fingerprint density at radius 1 is 1.59 bits per heavy atom. The fourth-order valence-corrected chi connectivity index (χ4v) is 2.41. The summed E-state index contributed by atoms with van der Waals surface area (Å²) in [5.74, 6) is 1.88. The SMILES string of the molecule is COCC1CCN(c2ncc(CCl)c(C)n2)C1. The molecule has 0 spiro atoms. The van der Waals surface area contributed by atoms with Gasteiger partial charge >= 0.3 is 0 Å². The number of alkyl halides is 1. The Morgan fingerprint density at radius 3 is 3.06 bits per heavy atom. The maximum absolute atomic E-state index is 5.80. The molecule has 0 bridgehead atoms. The molecule has 0 amide bonds. The van der Waals surface area contributed by atoms with Crippen LogP contribution in [0.5, 0.6) is 0 Å². The highest BCUT2D eigenvalue weighted by Crippen LogP contribution is 2.21. The normalized spacial score (nSPS) is 19.9. The van der Waals surface area contributed by atoms with E-state index in [4.69, 9.17) is 16.3 Å². The Bertz CT molecular complexity index is 386. The van der Waals surface area contributed by atoms with E-state index in [1.165, 1.54) is 0 Å². The van der Waals surface area contributed by atoms with Crippen LogP contribution in [0.1, 0.15) is 17.7 Å². The van der Waals surface area contributed by atoms with E-state index in [0.717, 1.165) is 43.3 Å². The quantitative estimate of drug-likeness (QED) is 0.772. The Morgan fingerprint density at radius 2 is 2.41 bits per heavy atom. The third-order valence-corrected chi connectivity index (χ3v) is 3.47. The van der Waals surface area contributed by atoms with Crippen LogP contribution in [0.25, 0.3) is 0 Å². The van der Waals surface area contributed by atoms with Crippen molar-refractivity contribution in [2.45, 2.75) is 19.2 Å². The second-order valence-corrected chi connectivity index (χ2v) is 4.74. The van der Waals surface area contributed by atoms with Gasteiger partial charge in [0.2, 0.25) is 5.95 Å². The zero-order chi connectivity index (χ0) is 12.3.